The van der Waals surface area contributed by atoms with Crippen LogP contribution >= 0.6 is 0 Å². The largest absolute Gasteiger partial charge is 0.336 e. The van der Waals surface area contributed by atoms with Crippen molar-refractivity contribution in [3.63, 3.8) is 0 Å². The average molecular weight is 391 g/mol. The van der Waals surface area contributed by atoms with E-state index in [0.29, 0.717) is 10.9 Å². The topological polar surface area (TPSA) is 57.7 Å². The molecular weight excluding hydrogens is 360 g/mol. The van der Waals surface area contributed by atoms with E-state index in [1.807, 2.05) is 4.90 Å². The van der Waals surface area contributed by atoms with E-state index < -0.39 is 9.84 Å². The molecule has 0 aliphatic carbocycles. The molecule has 3 rings (SSSR count). The smallest absolute Gasteiger partial charge is 0.246 e. The molecule has 0 radical (unpaired) electrons. The summed E-state index contributed by atoms with van der Waals surface area (Å²) in [5.74, 6) is 0.0586. The monoisotopic (exact) mass is 390 g/mol. The van der Waals surface area contributed by atoms with Gasteiger partial charge < -0.3 is 9.80 Å². The molecule has 0 spiro atoms. The van der Waals surface area contributed by atoms with E-state index >= 15 is 0 Å². The maximum absolute atomic E-state index is 12.6. The third kappa shape index (κ3) is 5.66. The Bertz CT molecular complexity index is 765. The highest BCUT2D eigenvalue weighted by atomic mass is 32.2. The second-order valence-electron chi connectivity index (χ2n) is 7.69. The second kappa shape index (κ2) is 9.02. The first-order chi connectivity index (χ1) is 12.9. The molecule has 2 fully saturated rings. The van der Waals surface area contributed by atoms with Gasteiger partial charge in [0.25, 0.3) is 0 Å². The van der Waals surface area contributed by atoms with Crippen molar-refractivity contribution < 1.29 is 13.2 Å². The van der Waals surface area contributed by atoms with Gasteiger partial charge in [0.1, 0.15) is 0 Å². The number of rotatable bonds is 6. The summed E-state index contributed by atoms with van der Waals surface area (Å²) in [7, 11) is -3.19. The van der Waals surface area contributed by atoms with Crippen LogP contribution in [0.15, 0.2) is 35.2 Å². The lowest BCUT2D eigenvalue weighted by Crippen LogP contribution is -2.38. The van der Waals surface area contributed by atoms with Crippen molar-refractivity contribution in [1.29, 1.82) is 0 Å². The molecule has 2 aliphatic heterocycles. The number of carbonyl (C=O) groups is 1. The summed E-state index contributed by atoms with van der Waals surface area (Å²) in [5.41, 5.74) is 0.833. The lowest BCUT2D eigenvalue weighted by atomic mass is 10.1. The number of amides is 1. The molecule has 0 aromatic heterocycles. The van der Waals surface area contributed by atoms with E-state index in [-0.39, 0.29) is 5.91 Å². The van der Waals surface area contributed by atoms with Gasteiger partial charge in [0.05, 0.1) is 4.90 Å². The Kier molecular flexibility index (Phi) is 6.71. The van der Waals surface area contributed by atoms with Crippen molar-refractivity contribution in [2.75, 3.05) is 32.4 Å². The first kappa shape index (κ1) is 20.1. The van der Waals surface area contributed by atoms with Crippen LogP contribution in [0.1, 0.15) is 44.1 Å². The third-order valence-electron chi connectivity index (χ3n) is 5.61. The van der Waals surface area contributed by atoms with Crippen molar-refractivity contribution in [3.05, 3.63) is 35.9 Å². The molecule has 5 nitrogen and oxygen atoms in total. The second-order valence-corrected chi connectivity index (χ2v) is 9.71. The van der Waals surface area contributed by atoms with Gasteiger partial charge in [-0.1, -0.05) is 18.6 Å². The summed E-state index contributed by atoms with van der Waals surface area (Å²) in [5, 5.41) is 0. The predicted octanol–water partition coefficient (Wildman–Crippen LogP) is 2.97. The summed E-state index contributed by atoms with van der Waals surface area (Å²) in [6.45, 7) is 4.32. The lowest BCUT2D eigenvalue weighted by molar-refractivity contribution is -0.126. The molecule has 6 heteroatoms. The molecule has 1 atom stereocenters. The van der Waals surface area contributed by atoms with E-state index in [0.717, 1.165) is 37.9 Å². The minimum absolute atomic E-state index is 0.0586. The quantitative estimate of drug-likeness (QED) is 0.701. The minimum Gasteiger partial charge on any atom is -0.336 e. The van der Waals surface area contributed by atoms with Crippen LogP contribution in [-0.2, 0) is 14.6 Å². The van der Waals surface area contributed by atoms with E-state index in [1.165, 1.54) is 38.6 Å². The molecular formula is C21H30N2O3S. The molecule has 1 amide bonds. The molecule has 0 unspecified atom stereocenters. The standard InChI is InChI=1S/C21H30N2O3S/c1-27(25,26)20-10-7-18(8-11-20)9-12-21(24)23-16-5-6-19(23)13-17-22-14-3-2-4-15-22/h7-12,19H,2-6,13-17H2,1H3/b12-9+/t19-/m0/s1. The minimum atomic E-state index is -3.19. The van der Waals surface area contributed by atoms with Crippen LogP contribution in [0, 0.1) is 0 Å². The molecule has 0 N–H and O–H groups in total. The number of piperidine rings is 1. The summed E-state index contributed by atoms with van der Waals surface area (Å²) in [6.07, 6.45) is 11.8. The maximum Gasteiger partial charge on any atom is 0.246 e. The van der Waals surface area contributed by atoms with Gasteiger partial charge in [-0.3, -0.25) is 4.79 Å². The number of likely N-dealkylation sites (tertiary alicyclic amines) is 2. The van der Waals surface area contributed by atoms with E-state index in [2.05, 4.69) is 4.90 Å². The Hall–Kier alpha value is -1.66. The van der Waals surface area contributed by atoms with Gasteiger partial charge in [-0.15, -0.1) is 0 Å². The highest BCUT2D eigenvalue weighted by Crippen LogP contribution is 2.22. The molecule has 148 valence electrons. The van der Waals surface area contributed by atoms with Crippen LogP contribution in [0.25, 0.3) is 6.08 Å². The number of benzene rings is 1. The van der Waals surface area contributed by atoms with Crippen molar-refractivity contribution in [2.45, 2.75) is 49.5 Å². The molecule has 2 aliphatic rings. The van der Waals surface area contributed by atoms with Gasteiger partial charge in [0.2, 0.25) is 5.91 Å². The van der Waals surface area contributed by atoms with Crippen molar-refractivity contribution in [1.82, 2.24) is 9.80 Å². The molecule has 27 heavy (non-hydrogen) atoms. The van der Waals surface area contributed by atoms with Gasteiger partial charge in [-0.2, -0.15) is 0 Å². The van der Waals surface area contributed by atoms with Gasteiger partial charge in [-0.25, -0.2) is 8.42 Å². The van der Waals surface area contributed by atoms with E-state index in [9.17, 15) is 13.2 Å². The maximum atomic E-state index is 12.6. The summed E-state index contributed by atoms with van der Waals surface area (Å²) in [4.78, 5) is 17.5. The highest BCUT2D eigenvalue weighted by Gasteiger charge is 2.27. The SMILES string of the molecule is CS(=O)(=O)c1ccc(/C=C/C(=O)N2CCC[C@H]2CCN2CCCCC2)cc1. The average Bonchev–Trinajstić information content (AvgIpc) is 3.13. The Labute approximate surface area is 163 Å². The summed E-state index contributed by atoms with van der Waals surface area (Å²) < 4.78 is 23.0. The zero-order chi connectivity index (χ0) is 19.3. The van der Waals surface area contributed by atoms with Crippen LogP contribution in [-0.4, -0.2) is 62.6 Å². The Balaban J connectivity index is 1.55. The van der Waals surface area contributed by atoms with E-state index in [1.54, 1.807) is 36.4 Å². The van der Waals surface area contributed by atoms with Crippen LogP contribution < -0.4 is 0 Å². The number of hydrogen-bond donors (Lipinski definition) is 0. The first-order valence-corrected chi connectivity index (χ1v) is 11.8. The fourth-order valence-corrected chi connectivity index (χ4v) is 4.66. The van der Waals surface area contributed by atoms with Gasteiger partial charge in [-0.05, 0) is 69.0 Å². The zero-order valence-corrected chi connectivity index (χ0v) is 17.0. The van der Waals surface area contributed by atoms with Crippen molar-refractivity contribution in [3.8, 4) is 0 Å². The summed E-state index contributed by atoms with van der Waals surface area (Å²) >= 11 is 0. The van der Waals surface area contributed by atoms with Gasteiger partial charge >= 0.3 is 0 Å². The Morgan fingerprint density at radius 2 is 1.78 bits per heavy atom. The summed E-state index contributed by atoms with van der Waals surface area (Å²) in [6, 6.07) is 6.97. The number of hydrogen-bond acceptors (Lipinski definition) is 4. The zero-order valence-electron chi connectivity index (χ0n) is 16.1. The number of nitrogens with zero attached hydrogens (tertiary/aromatic N) is 2. The Morgan fingerprint density at radius 3 is 2.44 bits per heavy atom. The van der Waals surface area contributed by atoms with Gasteiger partial charge in [0.15, 0.2) is 9.84 Å². The predicted molar refractivity (Wildman–Crippen MR) is 108 cm³/mol. The highest BCUT2D eigenvalue weighted by molar-refractivity contribution is 7.90. The van der Waals surface area contributed by atoms with Crippen molar-refractivity contribution >= 4 is 21.8 Å². The Morgan fingerprint density at radius 1 is 1.07 bits per heavy atom. The molecule has 0 saturated carbocycles. The number of carbonyl (C=O) groups excluding carboxylic acids is 1. The molecule has 1 aromatic carbocycles. The first-order valence-electron chi connectivity index (χ1n) is 9.95. The number of sulfone groups is 1. The fraction of sp³-hybridized carbons (Fsp3) is 0.571. The van der Waals surface area contributed by atoms with Crippen LogP contribution in [0.5, 0.6) is 0 Å². The van der Waals surface area contributed by atoms with Gasteiger partial charge in [0, 0.05) is 31.5 Å². The molecule has 2 saturated heterocycles. The molecule has 1 aromatic rings. The van der Waals surface area contributed by atoms with Crippen LogP contribution in [0.4, 0.5) is 0 Å². The van der Waals surface area contributed by atoms with Crippen LogP contribution in [0.2, 0.25) is 0 Å². The van der Waals surface area contributed by atoms with Crippen LogP contribution in [0.3, 0.4) is 0 Å². The lowest BCUT2D eigenvalue weighted by Gasteiger charge is -2.30. The molecule has 2 heterocycles. The molecule has 0 bridgehead atoms. The van der Waals surface area contributed by atoms with E-state index in [4.69, 9.17) is 0 Å². The van der Waals surface area contributed by atoms with Crippen molar-refractivity contribution in [2.24, 2.45) is 0 Å². The third-order valence-corrected chi connectivity index (χ3v) is 6.74. The fourth-order valence-electron chi connectivity index (χ4n) is 4.03. The normalized spacial score (nSPS) is 21.8.